The maximum atomic E-state index is 11.4. The van der Waals surface area contributed by atoms with Crippen LogP contribution in [0.2, 0.25) is 4.82 Å². The SMILES string of the molecule is COC(=O)C(CC(C#N)[Se]c1ccccc1)OC. The number of carbonyl (C=O) groups is 1. The zero-order valence-corrected chi connectivity index (χ0v) is 12.0. The third-order valence-electron chi connectivity index (χ3n) is 2.34. The van der Waals surface area contributed by atoms with Crippen molar-refractivity contribution in [2.45, 2.75) is 17.3 Å². The first-order chi connectivity index (χ1) is 8.71. The standard InChI is InChI=1S/C13H15NO3Se/c1-16-12(13(15)17-2)8-11(9-14)18-10-6-4-3-5-7-10/h3-7,11-12H,8H2,1-2H3. The van der Waals surface area contributed by atoms with Crippen LogP contribution >= 0.6 is 0 Å². The summed E-state index contributed by atoms with van der Waals surface area (Å²) < 4.78 is 10.8. The Labute approximate surface area is 113 Å². The first-order valence-corrected chi connectivity index (χ1v) is 7.27. The fraction of sp³-hybridized carbons (Fsp3) is 0.385. The van der Waals surface area contributed by atoms with Gasteiger partial charge in [-0.05, 0) is 0 Å². The van der Waals surface area contributed by atoms with Gasteiger partial charge < -0.3 is 0 Å². The number of hydrogen-bond donors (Lipinski definition) is 0. The molecule has 96 valence electrons. The minimum atomic E-state index is -0.662. The third kappa shape index (κ3) is 4.50. The first kappa shape index (κ1) is 14.7. The zero-order chi connectivity index (χ0) is 13.4. The fourth-order valence-electron chi connectivity index (χ4n) is 1.41. The molecule has 1 aromatic carbocycles. The van der Waals surface area contributed by atoms with Crippen molar-refractivity contribution < 1.29 is 14.3 Å². The van der Waals surface area contributed by atoms with Crippen LogP contribution in [-0.2, 0) is 14.3 Å². The molecule has 0 N–H and O–H groups in total. The van der Waals surface area contributed by atoms with Gasteiger partial charge in [-0.3, -0.25) is 0 Å². The predicted molar refractivity (Wildman–Crippen MR) is 68.6 cm³/mol. The summed E-state index contributed by atoms with van der Waals surface area (Å²) in [6.07, 6.45) is -0.292. The molecule has 1 aromatic rings. The summed E-state index contributed by atoms with van der Waals surface area (Å²) in [4.78, 5) is 11.2. The van der Waals surface area contributed by atoms with E-state index in [0.29, 0.717) is 6.42 Å². The van der Waals surface area contributed by atoms with Crippen LogP contribution in [-0.4, -0.2) is 41.2 Å². The van der Waals surface area contributed by atoms with E-state index in [1.807, 2.05) is 30.3 Å². The van der Waals surface area contributed by atoms with Gasteiger partial charge in [0.05, 0.1) is 0 Å². The van der Waals surface area contributed by atoms with E-state index < -0.39 is 12.1 Å². The van der Waals surface area contributed by atoms with E-state index in [0.717, 1.165) is 4.46 Å². The molecule has 0 aliphatic rings. The molecule has 0 bridgehead atoms. The molecule has 0 amide bonds. The van der Waals surface area contributed by atoms with Crippen molar-refractivity contribution in [3.63, 3.8) is 0 Å². The minimum absolute atomic E-state index is 0.000805. The average molecular weight is 312 g/mol. The molecule has 0 spiro atoms. The van der Waals surface area contributed by atoms with E-state index in [4.69, 9.17) is 10.00 Å². The van der Waals surface area contributed by atoms with Crippen LogP contribution in [0, 0.1) is 11.3 Å². The molecule has 4 nitrogen and oxygen atoms in total. The summed E-state index contributed by atoms with van der Waals surface area (Å²) in [5, 5.41) is 9.14. The van der Waals surface area contributed by atoms with E-state index in [2.05, 4.69) is 10.8 Å². The summed E-state index contributed by atoms with van der Waals surface area (Å²) in [6, 6.07) is 12.0. The Morgan fingerprint density at radius 3 is 2.56 bits per heavy atom. The Morgan fingerprint density at radius 1 is 1.39 bits per heavy atom. The summed E-state index contributed by atoms with van der Waals surface area (Å²) in [5.74, 6) is -0.429. The Hall–Kier alpha value is -1.34. The van der Waals surface area contributed by atoms with E-state index in [1.54, 1.807) is 0 Å². The molecule has 5 heteroatoms. The number of rotatable bonds is 6. The van der Waals surface area contributed by atoms with E-state index in [1.165, 1.54) is 14.2 Å². The van der Waals surface area contributed by atoms with Crippen molar-refractivity contribution in [3.8, 4) is 6.07 Å². The van der Waals surface area contributed by atoms with Gasteiger partial charge in [-0.15, -0.1) is 0 Å². The van der Waals surface area contributed by atoms with Gasteiger partial charge in [0.15, 0.2) is 0 Å². The topological polar surface area (TPSA) is 59.3 Å². The summed E-state index contributed by atoms with van der Waals surface area (Å²) in [6.45, 7) is 0. The number of hydrogen-bond acceptors (Lipinski definition) is 4. The Morgan fingerprint density at radius 2 is 2.06 bits per heavy atom. The number of carbonyl (C=O) groups excluding carboxylic acids is 1. The molecule has 0 heterocycles. The second kappa shape index (κ2) is 7.88. The molecule has 2 unspecified atom stereocenters. The van der Waals surface area contributed by atoms with Crippen molar-refractivity contribution in [1.82, 2.24) is 0 Å². The summed E-state index contributed by atoms with van der Waals surface area (Å²) in [5.41, 5.74) is 0. The molecule has 0 aliphatic heterocycles. The zero-order valence-electron chi connectivity index (χ0n) is 10.3. The molecule has 2 atom stereocenters. The van der Waals surface area contributed by atoms with Crippen molar-refractivity contribution >= 4 is 25.4 Å². The Bertz CT molecular complexity index is 416. The van der Waals surface area contributed by atoms with Crippen LogP contribution in [0.3, 0.4) is 0 Å². The molecule has 0 fully saturated rings. The Balaban J connectivity index is 2.62. The van der Waals surface area contributed by atoms with Crippen molar-refractivity contribution in [1.29, 1.82) is 5.26 Å². The van der Waals surface area contributed by atoms with Gasteiger partial charge in [-0.25, -0.2) is 0 Å². The second-order valence-corrected chi connectivity index (χ2v) is 6.21. The first-order valence-electron chi connectivity index (χ1n) is 5.43. The van der Waals surface area contributed by atoms with Gasteiger partial charge in [0, 0.05) is 0 Å². The van der Waals surface area contributed by atoms with Crippen LogP contribution in [0.4, 0.5) is 0 Å². The van der Waals surface area contributed by atoms with E-state index >= 15 is 0 Å². The van der Waals surface area contributed by atoms with Crippen molar-refractivity contribution in [3.05, 3.63) is 30.3 Å². The van der Waals surface area contributed by atoms with E-state index in [-0.39, 0.29) is 19.8 Å². The molecular weight excluding hydrogens is 297 g/mol. The van der Waals surface area contributed by atoms with Crippen LogP contribution in [0.25, 0.3) is 0 Å². The van der Waals surface area contributed by atoms with Crippen LogP contribution in [0.15, 0.2) is 30.3 Å². The van der Waals surface area contributed by atoms with Crippen LogP contribution < -0.4 is 4.46 Å². The van der Waals surface area contributed by atoms with Gasteiger partial charge >= 0.3 is 113 Å². The summed E-state index contributed by atoms with van der Waals surface area (Å²) in [7, 11) is 2.77. The number of nitrogens with zero attached hydrogens (tertiary/aromatic N) is 1. The van der Waals surface area contributed by atoms with Gasteiger partial charge in [0.2, 0.25) is 0 Å². The number of esters is 1. The maximum absolute atomic E-state index is 11.4. The predicted octanol–water partition coefficient (Wildman–Crippen LogP) is 0.906. The number of benzene rings is 1. The van der Waals surface area contributed by atoms with Crippen molar-refractivity contribution in [2.75, 3.05) is 14.2 Å². The van der Waals surface area contributed by atoms with Crippen molar-refractivity contribution in [2.24, 2.45) is 0 Å². The quantitative estimate of drug-likeness (QED) is 0.579. The molecule has 18 heavy (non-hydrogen) atoms. The molecule has 0 saturated carbocycles. The third-order valence-corrected chi connectivity index (χ3v) is 4.71. The molecule has 0 radical (unpaired) electrons. The number of methoxy groups -OCH3 is 2. The van der Waals surface area contributed by atoms with Crippen LogP contribution in [0.5, 0.6) is 0 Å². The second-order valence-electron chi connectivity index (χ2n) is 3.53. The number of ether oxygens (including phenoxy) is 2. The van der Waals surface area contributed by atoms with Gasteiger partial charge in [-0.2, -0.15) is 0 Å². The van der Waals surface area contributed by atoms with Gasteiger partial charge in [0.1, 0.15) is 0 Å². The molecule has 0 aromatic heterocycles. The summed E-state index contributed by atoms with van der Waals surface area (Å²) >= 11 is 0.000805. The normalized spacial score (nSPS) is 13.4. The van der Waals surface area contributed by atoms with Crippen LogP contribution in [0.1, 0.15) is 6.42 Å². The van der Waals surface area contributed by atoms with Gasteiger partial charge in [-0.1, -0.05) is 0 Å². The molecule has 1 rings (SSSR count). The monoisotopic (exact) mass is 313 g/mol. The Kier molecular flexibility index (Phi) is 6.45. The molecule has 0 aliphatic carbocycles. The molecular formula is C13H15NO3Se. The van der Waals surface area contributed by atoms with Gasteiger partial charge in [0.25, 0.3) is 0 Å². The number of nitriles is 1. The average Bonchev–Trinajstić information content (AvgIpc) is 2.43. The fourth-order valence-corrected chi connectivity index (χ4v) is 3.43. The van der Waals surface area contributed by atoms with E-state index in [9.17, 15) is 4.79 Å². The molecule has 0 saturated heterocycles.